The summed E-state index contributed by atoms with van der Waals surface area (Å²) in [5.41, 5.74) is 0.149. The molecule has 2 unspecified atom stereocenters. The molecular weight excluding hydrogens is 214 g/mol. The van der Waals surface area contributed by atoms with Crippen LogP contribution < -0.4 is 5.32 Å². The Bertz CT molecular complexity index is 392. The smallest absolute Gasteiger partial charge is 0.125 e. The summed E-state index contributed by atoms with van der Waals surface area (Å²) in [5, 5.41) is 14.4. The van der Waals surface area contributed by atoms with Gasteiger partial charge in [0.2, 0.25) is 0 Å². The van der Waals surface area contributed by atoms with Gasteiger partial charge in [-0.1, -0.05) is 6.42 Å². The highest BCUT2D eigenvalue weighted by Gasteiger charge is 2.42. The topological polar surface area (TPSA) is 58.0 Å². The SMILES string of the molecule is Cc1ncc(C2(O)CC3CCCC(C2)N3)cn1. The number of hydrogen-bond donors (Lipinski definition) is 2. The largest absolute Gasteiger partial charge is 0.385 e. The van der Waals surface area contributed by atoms with Crippen molar-refractivity contribution in [3.8, 4) is 0 Å². The molecule has 2 aliphatic rings. The Kier molecular flexibility index (Phi) is 2.64. The van der Waals surface area contributed by atoms with E-state index >= 15 is 0 Å². The molecule has 0 spiro atoms. The van der Waals surface area contributed by atoms with Gasteiger partial charge >= 0.3 is 0 Å². The number of fused-ring (bicyclic) bond motifs is 2. The highest BCUT2D eigenvalue weighted by molar-refractivity contribution is 5.18. The van der Waals surface area contributed by atoms with Crippen LogP contribution >= 0.6 is 0 Å². The van der Waals surface area contributed by atoms with Gasteiger partial charge in [0.1, 0.15) is 5.82 Å². The second-order valence-corrected chi connectivity index (χ2v) is 5.45. The van der Waals surface area contributed by atoms with Crippen molar-refractivity contribution in [3.05, 3.63) is 23.8 Å². The zero-order chi connectivity index (χ0) is 11.9. The number of nitrogens with zero attached hydrogens (tertiary/aromatic N) is 2. The minimum Gasteiger partial charge on any atom is -0.385 e. The molecule has 0 saturated carbocycles. The summed E-state index contributed by atoms with van der Waals surface area (Å²) >= 11 is 0. The van der Waals surface area contributed by atoms with E-state index in [2.05, 4.69) is 15.3 Å². The third kappa shape index (κ3) is 2.07. The van der Waals surface area contributed by atoms with Crippen LogP contribution in [-0.2, 0) is 5.60 Å². The second kappa shape index (κ2) is 4.03. The van der Waals surface area contributed by atoms with Gasteiger partial charge in [0.05, 0.1) is 5.60 Å². The van der Waals surface area contributed by atoms with E-state index < -0.39 is 5.60 Å². The molecule has 3 rings (SSSR count). The van der Waals surface area contributed by atoms with Crippen molar-refractivity contribution in [1.82, 2.24) is 15.3 Å². The Morgan fingerprint density at radius 2 is 1.82 bits per heavy atom. The Morgan fingerprint density at radius 1 is 1.24 bits per heavy atom. The van der Waals surface area contributed by atoms with Gasteiger partial charge in [0.25, 0.3) is 0 Å². The van der Waals surface area contributed by atoms with E-state index in [1.165, 1.54) is 19.3 Å². The van der Waals surface area contributed by atoms with Crippen LogP contribution in [0.5, 0.6) is 0 Å². The zero-order valence-corrected chi connectivity index (χ0v) is 10.2. The maximum absolute atomic E-state index is 10.8. The van der Waals surface area contributed by atoms with Crippen molar-refractivity contribution in [3.63, 3.8) is 0 Å². The molecule has 3 heterocycles. The third-order valence-electron chi connectivity index (χ3n) is 4.06. The molecule has 2 N–H and O–H groups in total. The first-order chi connectivity index (χ1) is 8.16. The molecular formula is C13H19N3O. The minimum absolute atomic E-state index is 0.453. The maximum atomic E-state index is 10.8. The summed E-state index contributed by atoms with van der Waals surface area (Å²) in [6.45, 7) is 1.87. The van der Waals surface area contributed by atoms with Crippen LogP contribution in [0.4, 0.5) is 0 Å². The summed E-state index contributed by atoms with van der Waals surface area (Å²) in [4.78, 5) is 8.40. The summed E-state index contributed by atoms with van der Waals surface area (Å²) in [6, 6.07) is 0.905. The van der Waals surface area contributed by atoms with Gasteiger partial charge in [0, 0.05) is 30.0 Å². The minimum atomic E-state index is -0.727. The Hall–Kier alpha value is -1.00. The van der Waals surface area contributed by atoms with Gasteiger partial charge in [0.15, 0.2) is 0 Å². The average Bonchev–Trinajstić information content (AvgIpc) is 2.29. The van der Waals surface area contributed by atoms with Crippen molar-refractivity contribution in [2.45, 2.75) is 56.7 Å². The van der Waals surface area contributed by atoms with Gasteiger partial charge in [-0.25, -0.2) is 9.97 Å². The van der Waals surface area contributed by atoms with Crippen LogP contribution in [0.1, 0.15) is 43.5 Å². The fraction of sp³-hybridized carbons (Fsp3) is 0.692. The number of aryl methyl sites for hydroxylation is 1. The van der Waals surface area contributed by atoms with E-state index in [0.717, 1.165) is 24.2 Å². The number of hydrogen-bond acceptors (Lipinski definition) is 4. The molecule has 2 bridgehead atoms. The molecule has 4 nitrogen and oxygen atoms in total. The highest BCUT2D eigenvalue weighted by atomic mass is 16.3. The molecule has 1 aromatic rings. The van der Waals surface area contributed by atoms with E-state index in [0.29, 0.717) is 12.1 Å². The van der Waals surface area contributed by atoms with E-state index in [1.807, 2.05) is 6.92 Å². The third-order valence-corrected chi connectivity index (χ3v) is 4.06. The number of rotatable bonds is 1. The lowest BCUT2D eigenvalue weighted by atomic mass is 9.74. The van der Waals surface area contributed by atoms with E-state index in [9.17, 15) is 5.11 Å². The number of piperidine rings is 2. The lowest BCUT2D eigenvalue weighted by Crippen LogP contribution is -2.54. The van der Waals surface area contributed by atoms with Crippen molar-refractivity contribution in [2.75, 3.05) is 0 Å². The van der Waals surface area contributed by atoms with Crippen molar-refractivity contribution in [1.29, 1.82) is 0 Å². The van der Waals surface area contributed by atoms with Gasteiger partial charge in [-0.2, -0.15) is 0 Å². The Morgan fingerprint density at radius 3 is 2.41 bits per heavy atom. The lowest BCUT2D eigenvalue weighted by Gasteiger charge is -2.45. The highest BCUT2D eigenvalue weighted by Crippen LogP contribution is 2.38. The first-order valence-electron chi connectivity index (χ1n) is 6.43. The second-order valence-electron chi connectivity index (χ2n) is 5.45. The molecule has 0 aliphatic carbocycles. The number of aromatic nitrogens is 2. The molecule has 0 radical (unpaired) electrons. The van der Waals surface area contributed by atoms with Gasteiger partial charge in [-0.15, -0.1) is 0 Å². The van der Waals surface area contributed by atoms with Crippen molar-refractivity contribution < 1.29 is 5.11 Å². The maximum Gasteiger partial charge on any atom is 0.125 e. The molecule has 4 heteroatoms. The van der Waals surface area contributed by atoms with Crippen LogP contribution in [-0.4, -0.2) is 27.2 Å². The molecule has 17 heavy (non-hydrogen) atoms. The number of aliphatic hydroxyl groups is 1. The molecule has 0 aromatic carbocycles. The van der Waals surface area contributed by atoms with E-state index in [1.54, 1.807) is 12.4 Å². The van der Waals surface area contributed by atoms with Crippen LogP contribution in [0.3, 0.4) is 0 Å². The molecule has 2 fully saturated rings. The van der Waals surface area contributed by atoms with Crippen LogP contribution in [0.2, 0.25) is 0 Å². The molecule has 92 valence electrons. The number of nitrogens with one attached hydrogen (secondary N) is 1. The predicted octanol–water partition coefficient (Wildman–Crippen LogP) is 1.28. The molecule has 2 atom stereocenters. The Labute approximate surface area is 101 Å². The average molecular weight is 233 g/mol. The van der Waals surface area contributed by atoms with Crippen molar-refractivity contribution >= 4 is 0 Å². The van der Waals surface area contributed by atoms with Crippen molar-refractivity contribution in [2.24, 2.45) is 0 Å². The van der Waals surface area contributed by atoms with Gasteiger partial charge in [-0.05, 0) is 32.6 Å². The van der Waals surface area contributed by atoms with E-state index in [4.69, 9.17) is 0 Å². The zero-order valence-electron chi connectivity index (χ0n) is 10.2. The fourth-order valence-electron chi connectivity index (χ4n) is 3.20. The van der Waals surface area contributed by atoms with Gasteiger partial charge < -0.3 is 10.4 Å². The molecule has 0 amide bonds. The van der Waals surface area contributed by atoms with Gasteiger partial charge in [-0.3, -0.25) is 0 Å². The summed E-state index contributed by atoms with van der Waals surface area (Å²) in [5.74, 6) is 0.756. The molecule has 2 aliphatic heterocycles. The first-order valence-corrected chi connectivity index (χ1v) is 6.43. The molecule has 2 saturated heterocycles. The lowest BCUT2D eigenvalue weighted by molar-refractivity contribution is -0.0364. The van der Waals surface area contributed by atoms with E-state index in [-0.39, 0.29) is 0 Å². The normalized spacial score (nSPS) is 36.8. The summed E-state index contributed by atoms with van der Waals surface area (Å²) in [7, 11) is 0. The summed E-state index contributed by atoms with van der Waals surface area (Å²) < 4.78 is 0. The van der Waals surface area contributed by atoms with Crippen LogP contribution in [0.25, 0.3) is 0 Å². The quantitative estimate of drug-likeness (QED) is 0.767. The molecule has 1 aromatic heterocycles. The van der Waals surface area contributed by atoms with Crippen LogP contribution in [0, 0.1) is 6.92 Å². The van der Waals surface area contributed by atoms with Crippen LogP contribution in [0.15, 0.2) is 12.4 Å². The standard InChI is InChI=1S/C13H19N3O/c1-9-14-7-10(8-15-9)13(17)5-11-3-2-4-12(6-13)16-11/h7-8,11-12,16-17H,2-6H2,1H3. The monoisotopic (exact) mass is 233 g/mol. The predicted molar refractivity (Wildman–Crippen MR) is 64.5 cm³/mol. The summed E-state index contributed by atoms with van der Waals surface area (Å²) in [6.07, 6.45) is 8.76. The fourth-order valence-corrected chi connectivity index (χ4v) is 3.20. The first kappa shape index (κ1) is 11.1. The Balaban J connectivity index is 1.87.